The number of amides is 2. The number of carbonyl (C=O) groups excluding carboxylic acids is 2. The molecule has 1 saturated heterocycles. The van der Waals surface area contributed by atoms with Crippen LogP contribution < -0.4 is 5.32 Å². The molecule has 0 unspecified atom stereocenters. The summed E-state index contributed by atoms with van der Waals surface area (Å²) < 4.78 is 0. The zero-order valence-electron chi connectivity index (χ0n) is 10.7. The molecule has 1 aromatic rings. The Morgan fingerprint density at radius 1 is 1.35 bits per heavy atom. The predicted molar refractivity (Wildman–Crippen MR) is 79.7 cm³/mol. The Balaban J connectivity index is 2.06. The molecule has 1 fully saturated rings. The topological polar surface area (TPSA) is 49.4 Å². The van der Waals surface area contributed by atoms with Crippen molar-refractivity contribution in [1.29, 1.82) is 0 Å². The van der Waals surface area contributed by atoms with E-state index in [4.69, 9.17) is 23.2 Å². The minimum atomic E-state index is -0.201. The van der Waals surface area contributed by atoms with Gasteiger partial charge in [0, 0.05) is 29.2 Å². The summed E-state index contributed by atoms with van der Waals surface area (Å²) in [5, 5.41) is 3.75. The van der Waals surface area contributed by atoms with Gasteiger partial charge in [0.2, 0.25) is 11.8 Å². The van der Waals surface area contributed by atoms with Crippen LogP contribution in [0, 0.1) is 0 Å². The molecule has 0 aliphatic carbocycles. The van der Waals surface area contributed by atoms with Gasteiger partial charge in [-0.2, -0.15) is 0 Å². The molecule has 2 amide bonds. The summed E-state index contributed by atoms with van der Waals surface area (Å²) in [5.74, 6) is -0.332. The van der Waals surface area contributed by atoms with E-state index in [0.717, 1.165) is 6.42 Å². The summed E-state index contributed by atoms with van der Waals surface area (Å²) in [6, 6.07) is 5.06. The minimum Gasteiger partial charge on any atom is -0.354 e. The van der Waals surface area contributed by atoms with Crippen molar-refractivity contribution in [3.05, 3.63) is 39.9 Å². The van der Waals surface area contributed by atoms with Gasteiger partial charge >= 0.3 is 0 Å². The molecule has 0 saturated carbocycles. The van der Waals surface area contributed by atoms with Crippen molar-refractivity contribution in [2.24, 2.45) is 0 Å². The van der Waals surface area contributed by atoms with Gasteiger partial charge in [0.05, 0.1) is 6.54 Å². The average Bonchev–Trinajstić information content (AvgIpc) is 2.62. The lowest BCUT2D eigenvalue weighted by atomic mass is 10.2. The monoisotopic (exact) mass is 312 g/mol. The quantitative estimate of drug-likeness (QED) is 0.852. The van der Waals surface area contributed by atoms with Crippen LogP contribution in [0.1, 0.15) is 12.0 Å². The third-order valence-electron chi connectivity index (χ3n) is 2.94. The van der Waals surface area contributed by atoms with E-state index in [1.807, 2.05) is 0 Å². The normalized spacial score (nSPS) is 16.1. The van der Waals surface area contributed by atoms with E-state index in [-0.39, 0.29) is 18.4 Å². The molecular formula is C14H14Cl2N2O2. The number of carbonyl (C=O) groups is 2. The predicted octanol–water partition coefficient (Wildman–Crippen LogP) is 2.36. The molecule has 0 aromatic heterocycles. The summed E-state index contributed by atoms with van der Waals surface area (Å²) in [6.45, 7) is 1.27. The number of hydrogen-bond donors (Lipinski definition) is 1. The molecule has 1 heterocycles. The first kappa shape index (κ1) is 14.9. The van der Waals surface area contributed by atoms with Crippen molar-refractivity contribution in [3.8, 4) is 0 Å². The fourth-order valence-electron chi connectivity index (χ4n) is 1.90. The summed E-state index contributed by atoms with van der Waals surface area (Å²) in [6.07, 6.45) is 3.81. The molecule has 6 heteroatoms. The molecule has 0 radical (unpaired) electrons. The van der Waals surface area contributed by atoms with E-state index in [9.17, 15) is 9.59 Å². The highest BCUT2D eigenvalue weighted by atomic mass is 35.5. The van der Waals surface area contributed by atoms with E-state index < -0.39 is 0 Å². The van der Waals surface area contributed by atoms with Crippen molar-refractivity contribution in [1.82, 2.24) is 10.2 Å². The third-order valence-corrected chi connectivity index (χ3v) is 3.50. The smallest absolute Gasteiger partial charge is 0.247 e. The van der Waals surface area contributed by atoms with E-state index >= 15 is 0 Å². The van der Waals surface area contributed by atoms with Crippen LogP contribution in [-0.4, -0.2) is 36.3 Å². The number of nitrogens with zero attached hydrogens (tertiary/aromatic N) is 1. The maximum Gasteiger partial charge on any atom is 0.247 e. The first-order chi connectivity index (χ1) is 9.56. The zero-order valence-corrected chi connectivity index (χ0v) is 12.2. The first-order valence-electron chi connectivity index (χ1n) is 6.25. The van der Waals surface area contributed by atoms with Crippen molar-refractivity contribution >= 4 is 41.1 Å². The van der Waals surface area contributed by atoms with Crippen LogP contribution in [0.15, 0.2) is 24.3 Å². The first-order valence-corrected chi connectivity index (χ1v) is 7.00. The van der Waals surface area contributed by atoms with E-state index in [0.29, 0.717) is 28.7 Å². The molecular weight excluding hydrogens is 299 g/mol. The molecule has 1 N–H and O–H groups in total. The van der Waals surface area contributed by atoms with Crippen LogP contribution >= 0.6 is 23.2 Å². The van der Waals surface area contributed by atoms with Crippen molar-refractivity contribution < 1.29 is 9.59 Å². The lowest BCUT2D eigenvalue weighted by molar-refractivity contribution is -0.131. The Kier molecular flexibility index (Phi) is 5.04. The van der Waals surface area contributed by atoms with Gasteiger partial charge in [0.1, 0.15) is 0 Å². The molecule has 20 heavy (non-hydrogen) atoms. The number of benzene rings is 1. The highest BCUT2D eigenvalue weighted by molar-refractivity contribution is 6.35. The summed E-state index contributed by atoms with van der Waals surface area (Å²) in [4.78, 5) is 25.0. The van der Waals surface area contributed by atoms with Gasteiger partial charge in [0.25, 0.3) is 0 Å². The van der Waals surface area contributed by atoms with E-state index in [2.05, 4.69) is 5.32 Å². The van der Waals surface area contributed by atoms with Crippen LogP contribution in [0.3, 0.4) is 0 Å². The Morgan fingerprint density at radius 3 is 2.90 bits per heavy atom. The molecule has 0 spiro atoms. The second-order valence-electron chi connectivity index (χ2n) is 4.46. The van der Waals surface area contributed by atoms with Crippen LogP contribution in [0.25, 0.3) is 6.08 Å². The molecule has 1 aromatic carbocycles. The average molecular weight is 313 g/mol. The highest BCUT2D eigenvalue weighted by Crippen LogP contribution is 2.22. The maximum atomic E-state index is 12.0. The molecule has 0 bridgehead atoms. The molecule has 106 valence electrons. The molecule has 1 aliphatic heterocycles. The van der Waals surface area contributed by atoms with Crippen LogP contribution in [0.2, 0.25) is 10.0 Å². The van der Waals surface area contributed by atoms with Crippen molar-refractivity contribution in [2.75, 3.05) is 19.6 Å². The van der Waals surface area contributed by atoms with Gasteiger partial charge in [-0.25, -0.2) is 0 Å². The molecule has 1 aliphatic rings. The van der Waals surface area contributed by atoms with E-state index in [1.54, 1.807) is 24.3 Å². The van der Waals surface area contributed by atoms with E-state index in [1.165, 1.54) is 11.0 Å². The Bertz CT molecular complexity index is 558. The lowest BCUT2D eigenvalue weighted by Gasteiger charge is -2.16. The highest BCUT2D eigenvalue weighted by Gasteiger charge is 2.17. The Morgan fingerprint density at radius 2 is 2.15 bits per heavy atom. The lowest BCUT2D eigenvalue weighted by Crippen LogP contribution is -2.36. The summed E-state index contributed by atoms with van der Waals surface area (Å²) in [5.41, 5.74) is 0.712. The summed E-state index contributed by atoms with van der Waals surface area (Å²) in [7, 11) is 0. The largest absolute Gasteiger partial charge is 0.354 e. The minimum absolute atomic E-state index is 0.0948. The van der Waals surface area contributed by atoms with Gasteiger partial charge in [-0.05, 0) is 30.2 Å². The SMILES string of the molecule is O=C1CN(C(=O)C=Cc2ccc(Cl)cc2Cl)CCCN1. The van der Waals surface area contributed by atoms with Gasteiger partial charge in [-0.3, -0.25) is 9.59 Å². The van der Waals surface area contributed by atoms with Crippen LogP contribution in [0.4, 0.5) is 0 Å². The Hall–Kier alpha value is -1.52. The second kappa shape index (κ2) is 6.77. The molecule has 0 atom stereocenters. The van der Waals surface area contributed by atoms with Gasteiger partial charge in [-0.1, -0.05) is 29.3 Å². The second-order valence-corrected chi connectivity index (χ2v) is 5.31. The fraction of sp³-hybridized carbons (Fsp3) is 0.286. The Labute approximate surface area is 127 Å². The number of rotatable bonds is 2. The van der Waals surface area contributed by atoms with Crippen LogP contribution in [-0.2, 0) is 9.59 Å². The maximum absolute atomic E-state index is 12.0. The van der Waals surface area contributed by atoms with Gasteiger partial charge in [-0.15, -0.1) is 0 Å². The number of nitrogens with one attached hydrogen (secondary N) is 1. The third kappa shape index (κ3) is 3.99. The van der Waals surface area contributed by atoms with Crippen molar-refractivity contribution in [3.63, 3.8) is 0 Å². The standard InChI is InChI=1S/C14H14Cl2N2O2/c15-11-4-2-10(12(16)8-11)3-5-14(20)18-7-1-6-17-13(19)9-18/h2-5,8H,1,6-7,9H2,(H,17,19). The number of hydrogen-bond acceptors (Lipinski definition) is 2. The number of halogens is 2. The summed E-state index contributed by atoms with van der Waals surface area (Å²) >= 11 is 11.8. The van der Waals surface area contributed by atoms with Crippen LogP contribution in [0.5, 0.6) is 0 Å². The van der Waals surface area contributed by atoms with Gasteiger partial charge < -0.3 is 10.2 Å². The van der Waals surface area contributed by atoms with Gasteiger partial charge in [0.15, 0.2) is 0 Å². The molecule has 2 rings (SSSR count). The fourth-order valence-corrected chi connectivity index (χ4v) is 2.37. The van der Waals surface area contributed by atoms with Crippen molar-refractivity contribution in [2.45, 2.75) is 6.42 Å². The molecule has 4 nitrogen and oxygen atoms in total. The zero-order chi connectivity index (χ0) is 14.5.